The maximum atomic E-state index is 12.3. The van der Waals surface area contributed by atoms with E-state index in [-0.39, 0.29) is 9.13 Å². The van der Waals surface area contributed by atoms with Gasteiger partial charge in [-0.15, -0.1) is 13.2 Å². The molecule has 0 aliphatic rings. The second kappa shape index (κ2) is 4.50. The normalized spacial score (nSPS) is 12.7. The van der Waals surface area contributed by atoms with Gasteiger partial charge in [0.05, 0.1) is 3.57 Å². The van der Waals surface area contributed by atoms with Crippen molar-refractivity contribution in [2.75, 3.05) is 0 Å². The molecule has 1 aromatic heterocycles. The van der Waals surface area contributed by atoms with Crippen molar-refractivity contribution in [1.82, 2.24) is 4.98 Å². The third kappa shape index (κ3) is 3.89. The zero-order valence-corrected chi connectivity index (χ0v) is 10.2. The highest BCUT2D eigenvalue weighted by Crippen LogP contribution is 2.34. The number of aromatic nitrogens is 1. The lowest BCUT2D eigenvalue weighted by molar-refractivity contribution is -0.276. The van der Waals surface area contributed by atoms with E-state index in [1.165, 1.54) is 29.5 Å². The molecule has 0 aliphatic carbocycles. The van der Waals surface area contributed by atoms with Gasteiger partial charge in [0.1, 0.15) is 5.69 Å². The van der Waals surface area contributed by atoms with Crippen LogP contribution in [0.25, 0.3) is 0 Å². The van der Waals surface area contributed by atoms with E-state index in [9.17, 15) is 26.3 Å². The Morgan fingerprint density at radius 2 is 1.71 bits per heavy atom. The summed E-state index contributed by atoms with van der Waals surface area (Å²) in [4.78, 5) is 2.82. The van der Waals surface area contributed by atoms with E-state index >= 15 is 0 Å². The SMILES string of the molecule is Cc1cc(C(F)(F)F)nc(OC(F)(F)F)c1I. The standard InChI is InChI=1S/C8H4F6INO/c1-3-2-4(7(9,10)11)16-6(5(3)15)17-8(12,13)14/h2H,1H3. The Labute approximate surface area is 105 Å². The molecule has 0 spiro atoms. The molecule has 0 unspecified atom stereocenters. The number of hydrogen-bond acceptors (Lipinski definition) is 2. The third-order valence-corrected chi connectivity index (χ3v) is 2.92. The van der Waals surface area contributed by atoms with Gasteiger partial charge in [-0.2, -0.15) is 13.2 Å². The summed E-state index contributed by atoms with van der Waals surface area (Å²) in [5.41, 5.74) is -1.41. The lowest BCUT2D eigenvalue weighted by atomic mass is 10.2. The molecule has 17 heavy (non-hydrogen) atoms. The average molecular weight is 371 g/mol. The zero-order chi connectivity index (χ0) is 13.4. The average Bonchev–Trinajstić information content (AvgIpc) is 2.08. The lowest BCUT2D eigenvalue weighted by Gasteiger charge is -2.13. The third-order valence-electron chi connectivity index (χ3n) is 1.61. The van der Waals surface area contributed by atoms with Gasteiger partial charge in [-0.3, -0.25) is 0 Å². The fraction of sp³-hybridized carbons (Fsp3) is 0.375. The van der Waals surface area contributed by atoms with Gasteiger partial charge in [0.15, 0.2) is 0 Å². The van der Waals surface area contributed by atoms with Gasteiger partial charge in [-0.1, -0.05) is 0 Å². The number of rotatable bonds is 1. The van der Waals surface area contributed by atoms with Crippen LogP contribution in [0.3, 0.4) is 0 Å². The Kier molecular flexibility index (Phi) is 3.79. The lowest BCUT2D eigenvalue weighted by Crippen LogP contribution is -2.20. The quantitative estimate of drug-likeness (QED) is 0.552. The Morgan fingerprint density at radius 3 is 2.12 bits per heavy atom. The number of alkyl halides is 6. The maximum absolute atomic E-state index is 12.3. The molecule has 1 aromatic rings. The minimum absolute atomic E-state index is 0.00664. The number of hydrogen-bond donors (Lipinski definition) is 0. The molecule has 0 aromatic carbocycles. The Bertz CT molecular complexity index is 427. The summed E-state index contributed by atoms with van der Waals surface area (Å²) in [6.45, 7) is 1.24. The van der Waals surface area contributed by atoms with E-state index in [0.717, 1.165) is 0 Å². The summed E-state index contributed by atoms with van der Waals surface area (Å²) >= 11 is 1.43. The molecule has 0 aliphatic heterocycles. The first kappa shape index (κ1) is 14.3. The second-order valence-corrected chi connectivity index (χ2v) is 4.07. The molecule has 0 bridgehead atoms. The van der Waals surface area contributed by atoms with Crippen LogP contribution in [0.5, 0.6) is 5.88 Å². The Hall–Kier alpha value is -0.740. The van der Waals surface area contributed by atoms with Crippen molar-refractivity contribution >= 4 is 22.6 Å². The molecule has 0 amide bonds. The number of halogens is 7. The number of nitrogens with zero attached hydrogens (tertiary/aromatic N) is 1. The van der Waals surface area contributed by atoms with Crippen LogP contribution in [0.1, 0.15) is 11.3 Å². The first-order valence-corrected chi connectivity index (χ1v) is 5.08. The summed E-state index contributed by atoms with van der Waals surface area (Å²) in [5, 5.41) is 0. The van der Waals surface area contributed by atoms with E-state index in [2.05, 4.69) is 9.72 Å². The van der Waals surface area contributed by atoms with Crippen molar-refractivity contribution in [1.29, 1.82) is 0 Å². The van der Waals surface area contributed by atoms with E-state index < -0.39 is 24.1 Å². The van der Waals surface area contributed by atoms with E-state index in [1.807, 2.05) is 0 Å². The van der Waals surface area contributed by atoms with Gasteiger partial charge < -0.3 is 4.74 Å². The predicted molar refractivity (Wildman–Crippen MR) is 53.4 cm³/mol. The molecule has 2 nitrogen and oxygen atoms in total. The molecule has 0 radical (unpaired) electrons. The van der Waals surface area contributed by atoms with Crippen LogP contribution < -0.4 is 4.74 Å². The van der Waals surface area contributed by atoms with Crippen molar-refractivity contribution in [3.8, 4) is 5.88 Å². The van der Waals surface area contributed by atoms with E-state index in [0.29, 0.717) is 6.07 Å². The van der Waals surface area contributed by atoms with Crippen molar-refractivity contribution in [2.24, 2.45) is 0 Å². The number of ether oxygens (including phenoxy) is 1. The Balaban J connectivity index is 3.26. The monoisotopic (exact) mass is 371 g/mol. The van der Waals surface area contributed by atoms with Gasteiger partial charge >= 0.3 is 12.5 Å². The topological polar surface area (TPSA) is 22.1 Å². The van der Waals surface area contributed by atoms with Gasteiger partial charge in [0.2, 0.25) is 5.88 Å². The highest BCUT2D eigenvalue weighted by atomic mass is 127. The van der Waals surface area contributed by atoms with Crippen LogP contribution in [-0.2, 0) is 6.18 Å². The van der Waals surface area contributed by atoms with Crippen molar-refractivity contribution in [2.45, 2.75) is 19.5 Å². The molecule has 0 saturated carbocycles. The van der Waals surface area contributed by atoms with E-state index in [4.69, 9.17) is 0 Å². The van der Waals surface area contributed by atoms with Crippen LogP contribution >= 0.6 is 22.6 Å². The summed E-state index contributed by atoms with van der Waals surface area (Å²) in [6.07, 6.45) is -9.90. The highest BCUT2D eigenvalue weighted by Gasteiger charge is 2.37. The minimum atomic E-state index is -5.08. The Morgan fingerprint density at radius 1 is 1.18 bits per heavy atom. The number of aryl methyl sites for hydroxylation is 1. The van der Waals surface area contributed by atoms with Crippen LogP contribution in [0.2, 0.25) is 0 Å². The number of pyridine rings is 1. The summed E-state index contributed by atoms with van der Waals surface area (Å²) in [7, 11) is 0. The molecule has 0 atom stereocenters. The zero-order valence-electron chi connectivity index (χ0n) is 8.08. The smallest absolute Gasteiger partial charge is 0.387 e. The fourth-order valence-corrected chi connectivity index (χ4v) is 1.34. The van der Waals surface area contributed by atoms with Gasteiger partial charge in [0, 0.05) is 0 Å². The molecule has 9 heteroatoms. The minimum Gasteiger partial charge on any atom is -0.387 e. The molecular weight excluding hydrogens is 367 g/mol. The molecule has 0 fully saturated rings. The van der Waals surface area contributed by atoms with Crippen LogP contribution in [0.15, 0.2) is 6.07 Å². The predicted octanol–water partition coefficient (Wildman–Crippen LogP) is 3.91. The largest absolute Gasteiger partial charge is 0.574 e. The first-order chi connectivity index (χ1) is 7.50. The van der Waals surface area contributed by atoms with E-state index in [1.54, 1.807) is 0 Å². The van der Waals surface area contributed by atoms with Gasteiger partial charge in [-0.05, 0) is 41.1 Å². The van der Waals surface area contributed by atoms with Gasteiger partial charge in [-0.25, -0.2) is 4.98 Å². The second-order valence-electron chi connectivity index (χ2n) is 2.99. The molecule has 1 heterocycles. The van der Waals surface area contributed by atoms with Gasteiger partial charge in [0.25, 0.3) is 0 Å². The molecule has 0 saturated heterocycles. The molecule has 96 valence electrons. The van der Waals surface area contributed by atoms with Crippen molar-refractivity contribution in [3.63, 3.8) is 0 Å². The van der Waals surface area contributed by atoms with Crippen LogP contribution in [0.4, 0.5) is 26.3 Å². The van der Waals surface area contributed by atoms with Crippen LogP contribution in [-0.4, -0.2) is 11.3 Å². The maximum Gasteiger partial charge on any atom is 0.574 e. The molecule has 0 N–H and O–H groups in total. The summed E-state index contributed by atoms with van der Waals surface area (Å²) in [5.74, 6) is -1.09. The van der Waals surface area contributed by atoms with Crippen molar-refractivity contribution < 1.29 is 31.1 Å². The summed E-state index contributed by atoms with van der Waals surface area (Å²) in [6, 6.07) is 0.658. The van der Waals surface area contributed by atoms with Crippen molar-refractivity contribution in [3.05, 3.63) is 20.9 Å². The summed E-state index contributed by atoms with van der Waals surface area (Å²) < 4.78 is 76.0. The molecule has 1 rings (SSSR count). The highest BCUT2D eigenvalue weighted by molar-refractivity contribution is 14.1. The first-order valence-electron chi connectivity index (χ1n) is 4.01. The van der Waals surface area contributed by atoms with Crippen LogP contribution in [0, 0.1) is 10.5 Å². The fourth-order valence-electron chi connectivity index (χ4n) is 0.950. The molecular formula is C8H4F6INO.